The molecule has 0 unspecified atom stereocenters. The van der Waals surface area contributed by atoms with Crippen LogP contribution >= 0.6 is 11.8 Å². The highest BCUT2D eigenvalue weighted by Crippen LogP contribution is 2.38. The maximum atomic E-state index is 10.7. The zero-order valence-corrected chi connectivity index (χ0v) is 6.44. The molecule has 3 heteroatoms. The highest BCUT2D eigenvalue weighted by atomic mass is 32.2. The van der Waals surface area contributed by atoms with Crippen molar-refractivity contribution in [1.29, 1.82) is 0 Å². The maximum Gasteiger partial charge on any atom is 0.216 e. The fraction of sp³-hybridized carbons (Fsp3) is 0.286. The van der Waals surface area contributed by atoms with Crippen molar-refractivity contribution in [2.24, 2.45) is 0 Å². The number of aliphatic hydroxyl groups is 1. The van der Waals surface area contributed by atoms with Gasteiger partial charge in [0.2, 0.25) is 5.12 Å². The van der Waals surface area contributed by atoms with Gasteiger partial charge in [0.25, 0.3) is 0 Å². The summed E-state index contributed by atoms with van der Waals surface area (Å²) >= 11 is 1.08. The van der Waals surface area contributed by atoms with E-state index in [0.717, 1.165) is 11.8 Å². The van der Waals surface area contributed by atoms with Crippen molar-refractivity contribution in [3.63, 3.8) is 0 Å². The van der Waals surface area contributed by atoms with E-state index in [-0.39, 0.29) is 10.9 Å². The number of carbonyl (C=O) groups is 1. The summed E-state index contributed by atoms with van der Waals surface area (Å²) in [7, 11) is 0. The van der Waals surface area contributed by atoms with E-state index < -0.39 is 4.75 Å². The normalized spacial score (nSPS) is 32.1. The molecule has 0 saturated heterocycles. The lowest BCUT2D eigenvalue weighted by Gasteiger charge is -2.15. The molecule has 0 aliphatic carbocycles. The number of hydrogen-bond donors (Lipinski definition) is 1. The molecule has 10 heavy (non-hydrogen) atoms. The lowest BCUT2D eigenvalue weighted by atomic mass is 10.1. The summed E-state index contributed by atoms with van der Waals surface area (Å²) in [5, 5.41) is 9.06. The first-order valence-corrected chi connectivity index (χ1v) is 3.68. The molecular formula is C7H8O2S. The summed E-state index contributed by atoms with van der Waals surface area (Å²) < 4.78 is -0.586. The number of rotatable bonds is 1. The largest absolute Gasteiger partial charge is 0.510 e. The number of hydrogen-bond acceptors (Lipinski definition) is 3. The zero-order valence-electron chi connectivity index (χ0n) is 5.63. The van der Waals surface area contributed by atoms with Crippen molar-refractivity contribution >= 4 is 16.9 Å². The van der Waals surface area contributed by atoms with Crippen LogP contribution in [-0.2, 0) is 4.79 Å². The third-order valence-corrected chi connectivity index (χ3v) is 2.58. The minimum absolute atomic E-state index is 0.0949. The van der Waals surface area contributed by atoms with Gasteiger partial charge in [-0.2, -0.15) is 0 Å². The Morgan fingerprint density at radius 3 is 2.70 bits per heavy atom. The van der Waals surface area contributed by atoms with E-state index >= 15 is 0 Å². The second-order valence-electron chi connectivity index (χ2n) is 2.26. The Morgan fingerprint density at radius 2 is 2.50 bits per heavy atom. The SMILES string of the molecule is C=C[C@]1(C)SC(=O)C=C1O. The molecule has 0 amide bonds. The standard InChI is InChI=1S/C7H8O2S/c1-3-7(2)5(8)4-6(9)10-7/h3-4,8H,1H2,2H3/t7-/m0/s1. The van der Waals surface area contributed by atoms with Crippen LogP contribution in [-0.4, -0.2) is 15.0 Å². The van der Waals surface area contributed by atoms with Gasteiger partial charge in [0.15, 0.2) is 0 Å². The summed E-state index contributed by atoms with van der Waals surface area (Å²) in [4.78, 5) is 10.7. The average Bonchev–Trinajstić information content (AvgIpc) is 2.09. The minimum Gasteiger partial charge on any atom is -0.510 e. The molecule has 1 N–H and O–H groups in total. The second kappa shape index (κ2) is 2.16. The fourth-order valence-electron chi connectivity index (χ4n) is 0.692. The van der Waals surface area contributed by atoms with Gasteiger partial charge in [-0.1, -0.05) is 17.8 Å². The third-order valence-electron chi connectivity index (χ3n) is 1.47. The summed E-state index contributed by atoms with van der Waals surface area (Å²) in [6.07, 6.45) is 2.79. The summed E-state index contributed by atoms with van der Waals surface area (Å²) in [6.45, 7) is 5.28. The molecule has 0 aromatic carbocycles. The summed E-state index contributed by atoms with van der Waals surface area (Å²) in [5.41, 5.74) is 0. The summed E-state index contributed by atoms with van der Waals surface area (Å²) in [5.74, 6) is 0.0949. The van der Waals surface area contributed by atoms with E-state index in [1.165, 1.54) is 6.08 Å². The van der Waals surface area contributed by atoms with Crippen molar-refractivity contribution in [2.45, 2.75) is 11.7 Å². The average molecular weight is 156 g/mol. The van der Waals surface area contributed by atoms with Crippen LogP contribution < -0.4 is 0 Å². The van der Waals surface area contributed by atoms with E-state index in [4.69, 9.17) is 5.11 Å². The van der Waals surface area contributed by atoms with Gasteiger partial charge >= 0.3 is 0 Å². The van der Waals surface area contributed by atoms with E-state index in [1.807, 2.05) is 0 Å². The Morgan fingerprint density at radius 1 is 1.90 bits per heavy atom. The molecule has 54 valence electrons. The zero-order chi connectivity index (χ0) is 7.78. The molecule has 2 nitrogen and oxygen atoms in total. The first kappa shape index (κ1) is 7.41. The first-order valence-electron chi connectivity index (χ1n) is 2.86. The van der Waals surface area contributed by atoms with Crippen molar-refractivity contribution in [2.75, 3.05) is 0 Å². The van der Waals surface area contributed by atoms with Crippen molar-refractivity contribution in [3.05, 3.63) is 24.5 Å². The van der Waals surface area contributed by atoms with Crippen LogP contribution in [0.5, 0.6) is 0 Å². The Balaban J connectivity index is 2.96. The van der Waals surface area contributed by atoms with Crippen molar-refractivity contribution in [1.82, 2.24) is 0 Å². The van der Waals surface area contributed by atoms with Gasteiger partial charge < -0.3 is 5.11 Å². The van der Waals surface area contributed by atoms with Crippen LogP contribution in [0.15, 0.2) is 24.5 Å². The Labute approximate surface area is 63.6 Å². The molecule has 1 aliphatic heterocycles. The maximum absolute atomic E-state index is 10.7. The van der Waals surface area contributed by atoms with Crippen LogP contribution in [0.3, 0.4) is 0 Å². The monoisotopic (exact) mass is 156 g/mol. The third kappa shape index (κ3) is 0.968. The van der Waals surface area contributed by atoms with Crippen LogP contribution in [0.25, 0.3) is 0 Å². The van der Waals surface area contributed by atoms with E-state index in [1.54, 1.807) is 13.0 Å². The van der Waals surface area contributed by atoms with Crippen molar-refractivity contribution < 1.29 is 9.90 Å². The molecule has 1 atom stereocenters. The van der Waals surface area contributed by atoms with Crippen molar-refractivity contribution in [3.8, 4) is 0 Å². The lowest BCUT2D eigenvalue weighted by Crippen LogP contribution is -2.15. The molecule has 0 fully saturated rings. The molecule has 1 aliphatic rings. The first-order chi connectivity index (χ1) is 4.58. The molecule has 0 aromatic rings. The highest BCUT2D eigenvalue weighted by Gasteiger charge is 2.34. The van der Waals surface area contributed by atoms with Crippen LogP contribution in [0.4, 0.5) is 0 Å². The number of aliphatic hydroxyl groups excluding tert-OH is 1. The highest BCUT2D eigenvalue weighted by molar-refractivity contribution is 8.15. The van der Waals surface area contributed by atoms with Crippen LogP contribution in [0.1, 0.15) is 6.92 Å². The molecule has 1 rings (SSSR count). The van der Waals surface area contributed by atoms with Gasteiger partial charge in [-0.25, -0.2) is 0 Å². The van der Waals surface area contributed by atoms with E-state index in [9.17, 15) is 4.79 Å². The quantitative estimate of drug-likeness (QED) is 0.586. The van der Waals surface area contributed by atoms with Crippen LogP contribution in [0.2, 0.25) is 0 Å². The van der Waals surface area contributed by atoms with E-state index in [0.29, 0.717) is 0 Å². The molecule has 0 spiro atoms. The molecule has 0 radical (unpaired) electrons. The number of carbonyl (C=O) groups excluding carboxylic acids is 1. The lowest BCUT2D eigenvalue weighted by molar-refractivity contribution is -0.106. The van der Waals surface area contributed by atoms with Gasteiger partial charge in [-0.15, -0.1) is 6.58 Å². The van der Waals surface area contributed by atoms with E-state index in [2.05, 4.69) is 6.58 Å². The molecule has 1 heterocycles. The Bertz CT molecular complexity index is 220. The minimum atomic E-state index is -0.586. The molecule has 0 aromatic heterocycles. The Hall–Kier alpha value is -0.700. The Kier molecular flexibility index (Phi) is 1.60. The van der Waals surface area contributed by atoms with Gasteiger partial charge in [0.05, 0.1) is 4.75 Å². The molecule has 0 bridgehead atoms. The van der Waals surface area contributed by atoms with Crippen LogP contribution in [0, 0.1) is 0 Å². The predicted octanol–water partition coefficient (Wildman–Crippen LogP) is 1.65. The molecular weight excluding hydrogens is 148 g/mol. The smallest absolute Gasteiger partial charge is 0.216 e. The topological polar surface area (TPSA) is 37.3 Å². The van der Waals surface area contributed by atoms with Gasteiger partial charge in [0, 0.05) is 6.08 Å². The summed E-state index contributed by atoms with van der Waals surface area (Å²) in [6, 6.07) is 0. The van der Waals surface area contributed by atoms with Gasteiger partial charge in [0.1, 0.15) is 5.76 Å². The number of thioether (sulfide) groups is 1. The molecule has 0 saturated carbocycles. The fourth-order valence-corrected chi connectivity index (χ4v) is 1.53. The van der Waals surface area contributed by atoms with Gasteiger partial charge in [-0.3, -0.25) is 4.79 Å². The predicted molar refractivity (Wildman–Crippen MR) is 41.9 cm³/mol. The van der Waals surface area contributed by atoms with Gasteiger partial charge in [-0.05, 0) is 6.92 Å². The second-order valence-corrected chi connectivity index (χ2v) is 3.72.